The summed E-state index contributed by atoms with van der Waals surface area (Å²) in [5.74, 6) is -0.347. The number of benzene rings is 1. The smallest absolute Gasteiger partial charge is 0.253 e. The Morgan fingerprint density at radius 2 is 1.88 bits per heavy atom. The van der Waals surface area contributed by atoms with E-state index in [0.717, 1.165) is 5.56 Å². The van der Waals surface area contributed by atoms with Crippen LogP contribution in [0.15, 0.2) is 65.3 Å². The molecule has 0 aliphatic heterocycles. The highest BCUT2D eigenvalue weighted by atomic mass is 16.3. The van der Waals surface area contributed by atoms with Crippen molar-refractivity contribution in [2.45, 2.75) is 19.4 Å². The molecule has 1 atom stereocenters. The van der Waals surface area contributed by atoms with Crippen LogP contribution in [0, 0.1) is 6.92 Å². The number of amides is 2. The third-order valence-electron chi connectivity index (χ3n) is 4.04. The molecular weight excluding hydrogens is 330 g/mol. The van der Waals surface area contributed by atoms with Crippen molar-refractivity contribution in [3.63, 3.8) is 0 Å². The lowest BCUT2D eigenvalue weighted by Crippen LogP contribution is -2.46. The Kier molecular flexibility index (Phi) is 5.12. The lowest BCUT2D eigenvalue weighted by Gasteiger charge is -2.16. The van der Waals surface area contributed by atoms with Crippen LogP contribution in [-0.4, -0.2) is 22.8 Å². The Bertz CT molecular complexity index is 905. The highest BCUT2D eigenvalue weighted by Crippen LogP contribution is 2.19. The maximum absolute atomic E-state index is 12.6. The van der Waals surface area contributed by atoms with Gasteiger partial charge in [-0.05, 0) is 36.8 Å². The molecule has 2 aromatic heterocycles. The van der Waals surface area contributed by atoms with Crippen molar-refractivity contribution in [2.24, 2.45) is 5.73 Å². The molecule has 0 saturated carbocycles. The standard InChI is InChI=1S/C20H19N3O3/c1-13-15(9-10-16(22-13)18-8-5-11-26-18)20(25)23-17(19(21)24)12-14-6-3-2-4-7-14/h2-11,17H,12H2,1H3,(H2,21,24)(H,23,25)/t17-/m0/s1. The number of hydrogen-bond donors (Lipinski definition) is 2. The van der Waals surface area contributed by atoms with Crippen LogP contribution in [0.2, 0.25) is 0 Å². The number of nitrogens with zero attached hydrogens (tertiary/aromatic N) is 1. The van der Waals surface area contributed by atoms with E-state index in [2.05, 4.69) is 10.3 Å². The zero-order valence-corrected chi connectivity index (χ0v) is 14.3. The molecule has 0 aliphatic carbocycles. The molecule has 0 saturated heterocycles. The molecule has 0 radical (unpaired) electrons. The summed E-state index contributed by atoms with van der Waals surface area (Å²) in [5, 5.41) is 2.70. The molecule has 26 heavy (non-hydrogen) atoms. The number of hydrogen-bond acceptors (Lipinski definition) is 4. The number of primary amides is 1. The van der Waals surface area contributed by atoms with E-state index in [1.54, 1.807) is 37.5 Å². The van der Waals surface area contributed by atoms with Gasteiger partial charge in [0, 0.05) is 6.42 Å². The molecule has 0 aliphatic rings. The summed E-state index contributed by atoms with van der Waals surface area (Å²) in [6.45, 7) is 1.73. The van der Waals surface area contributed by atoms with Crippen LogP contribution < -0.4 is 11.1 Å². The maximum atomic E-state index is 12.6. The molecule has 3 aromatic rings. The van der Waals surface area contributed by atoms with Gasteiger partial charge in [-0.1, -0.05) is 30.3 Å². The van der Waals surface area contributed by atoms with Crippen molar-refractivity contribution in [2.75, 3.05) is 0 Å². The average Bonchev–Trinajstić information content (AvgIpc) is 3.16. The predicted molar refractivity (Wildman–Crippen MR) is 97.3 cm³/mol. The summed E-state index contributed by atoms with van der Waals surface area (Å²) in [4.78, 5) is 28.7. The minimum absolute atomic E-state index is 0.332. The van der Waals surface area contributed by atoms with Gasteiger partial charge >= 0.3 is 0 Å². The Balaban J connectivity index is 1.76. The number of aryl methyl sites for hydroxylation is 1. The monoisotopic (exact) mass is 349 g/mol. The van der Waals surface area contributed by atoms with Crippen molar-refractivity contribution >= 4 is 11.8 Å². The highest BCUT2D eigenvalue weighted by molar-refractivity contribution is 5.98. The third-order valence-corrected chi connectivity index (χ3v) is 4.04. The molecule has 6 heteroatoms. The van der Waals surface area contributed by atoms with Crippen LogP contribution in [-0.2, 0) is 11.2 Å². The Morgan fingerprint density at radius 3 is 2.50 bits per heavy atom. The molecule has 6 nitrogen and oxygen atoms in total. The minimum atomic E-state index is -0.797. The quantitative estimate of drug-likeness (QED) is 0.714. The molecule has 3 rings (SSSR count). The normalized spacial score (nSPS) is 11.7. The average molecular weight is 349 g/mol. The van der Waals surface area contributed by atoms with Gasteiger partial charge < -0.3 is 15.5 Å². The first-order valence-corrected chi connectivity index (χ1v) is 8.20. The fourth-order valence-corrected chi connectivity index (χ4v) is 2.67. The fraction of sp³-hybridized carbons (Fsp3) is 0.150. The lowest BCUT2D eigenvalue weighted by atomic mass is 10.0. The molecular formula is C20H19N3O3. The number of carbonyl (C=O) groups is 2. The van der Waals surface area contributed by atoms with Crippen LogP contribution in [0.1, 0.15) is 21.6 Å². The second kappa shape index (κ2) is 7.65. The number of rotatable bonds is 6. The third kappa shape index (κ3) is 3.97. The molecule has 2 heterocycles. The van der Waals surface area contributed by atoms with Gasteiger partial charge in [0.25, 0.3) is 5.91 Å². The van der Waals surface area contributed by atoms with Crippen molar-refractivity contribution in [1.29, 1.82) is 0 Å². The predicted octanol–water partition coefficient (Wildman–Crippen LogP) is 2.48. The highest BCUT2D eigenvalue weighted by Gasteiger charge is 2.21. The Morgan fingerprint density at radius 1 is 1.12 bits per heavy atom. The summed E-state index contributed by atoms with van der Waals surface area (Å²) in [6.07, 6.45) is 1.90. The minimum Gasteiger partial charge on any atom is -0.463 e. The van der Waals surface area contributed by atoms with E-state index in [1.165, 1.54) is 0 Å². The van der Waals surface area contributed by atoms with E-state index in [9.17, 15) is 9.59 Å². The zero-order valence-electron chi connectivity index (χ0n) is 14.3. The van der Waals surface area contributed by atoms with Gasteiger partial charge in [-0.15, -0.1) is 0 Å². The first kappa shape index (κ1) is 17.4. The number of carbonyl (C=O) groups excluding carboxylic acids is 2. The van der Waals surface area contributed by atoms with E-state index in [1.807, 2.05) is 30.3 Å². The van der Waals surface area contributed by atoms with Gasteiger partial charge in [-0.25, -0.2) is 4.98 Å². The summed E-state index contributed by atoms with van der Waals surface area (Å²) in [5.41, 5.74) is 7.94. The molecule has 3 N–H and O–H groups in total. The van der Waals surface area contributed by atoms with Crippen molar-refractivity contribution in [1.82, 2.24) is 10.3 Å². The number of furan rings is 1. The molecule has 0 spiro atoms. The Hall–Kier alpha value is -3.41. The summed E-state index contributed by atoms with van der Waals surface area (Å²) in [7, 11) is 0. The van der Waals surface area contributed by atoms with Gasteiger partial charge in [0.05, 0.1) is 17.5 Å². The Labute approximate surface area is 151 Å². The van der Waals surface area contributed by atoms with Crippen molar-refractivity contribution < 1.29 is 14.0 Å². The summed E-state index contributed by atoms with van der Waals surface area (Å²) < 4.78 is 5.31. The van der Waals surface area contributed by atoms with Gasteiger partial charge in [0.2, 0.25) is 5.91 Å². The number of aromatic nitrogens is 1. The SMILES string of the molecule is Cc1nc(-c2ccco2)ccc1C(=O)N[C@@H](Cc1ccccc1)C(N)=O. The number of nitrogens with two attached hydrogens (primary N) is 1. The molecule has 0 bridgehead atoms. The number of pyridine rings is 1. The first-order valence-electron chi connectivity index (χ1n) is 8.20. The van der Waals surface area contributed by atoms with Gasteiger partial charge in [-0.3, -0.25) is 9.59 Å². The van der Waals surface area contributed by atoms with Crippen LogP contribution in [0.5, 0.6) is 0 Å². The van der Waals surface area contributed by atoms with Crippen LogP contribution in [0.3, 0.4) is 0 Å². The largest absolute Gasteiger partial charge is 0.463 e. The van der Waals surface area contributed by atoms with Crippen molar-refractivity contribution in [3.8, 4) is 11.5 Å². The molecule has 132 valence electrons. The summed E-state index contributed by atoms with van der Waals surface area (Å²) in [6, 6.07) is 15.5. The van der Waals surface area contributed by atoms with E-state index in [0.29, 0.717) is 29.1 Å². The molecule has 1 aromatic carbocycles. The fourth-order valence-electron chi connectivity index (χ4n) is 2.67. The van der Waals surface area contributed by atoms with E-state index >= 15 is 0 Å². The zero-order chi connectivity index (χ0) is 18.5. The number of nitrogens with one attached hydrogen (secondary N) is 1. The molecule has 0 fully saturated rings. The van der Waals surface area contributed by atoms with Crippen LogP contribution >= 0.6 is 0 Å². The molecule has 0 unspecified atom stereocenters. The first-order chi connectivity index (χ1) is 12.5. The van der Waals surface area contributed by atoms with E-state index in [-0.39, 0.29) is 5.91 Å². The van der Waals surface area contributed by atoms with Gasteiger partial charge in [-0.2, -0.15) is 0 Å². The van der Waals surface area contributed by atoms with Gasteiger partial charge in [0.1, 0.15) is 11.7 Å². The summed E-state index contributed by atoms with van der Waals surface area (Å²) >= 11 is 0. The van der Waals surface area contributed by atoms with E-state index < -0.39 is 11.9 Å². The maximum Gasteiger partial charge on any atom is 0.253 e. The van der Waals surface area contributed by atoms with Crippen LogP contribution in [0.4, 0.5) is 0 Å². The van der Waals surface area contributed by atoms with E-state index in [4.69, 9.17) is 10.2 Å². The molecule has 2 amide bonds. The van der Waals surface area contributed by atoms with Gasteiger partial charge in [0.15, 0.2) is 5.76 Å². The van der Waals surface area contributed by atoms with Crippen molar-refractivity contribution in [3.05, 3.63) is 77.7 Å². The van der Waals surface area contributed by atoms with Crippen LogP contribution in [0.25, 0.3) is 11.5 Å². The second-order valence-electron chi connectivity index (χ2n) is 5.92. The second-order valence-corrected chi connectivity index (χ2v) is 5.92. The lowest BCUT2D eigenvalue weighted by molar-refractivity contribution is -0.119. The topological polar surface area (TPSA) is 98.2 Å².